The Bertz CT molecular complexity index is 598. The number of halogens is 3. The summed E-state index contributed by atoms with van der Waals surface area (Å²) in [7, 11) is 0. The molecule has 0 amide bonds. The van der Waals surface area contributed by atoms with Gasteiger partial charge in [-0.2, -0.15) is 5.26 Å². The minimum Gasteiger partial charge on any atom is -0.207 e. The Hall–Kier alpha value is -1.76. The van der Waals surface area contributed by atoms with E-state index in [4.69, 9.17) is 0 Å². The first-order valence-electron chi connectivity index (χ1n) is 7.54. The second-order valence-corrected chi connectivity index (χ2v) is 6.16. The highest BCUT2D eigenvalue weighted by Gasteiger charge is 2.38. The van der Waals surface area contributed by atoms with Crippen LogP contribution in [0.5, 0.6) is 0 Å². The summed E-state index contributed by atoms with van der Waals surface area (Å²) >= 11 is 0. The van der Waals surface area contributed by atoms with E-state index in [0.29, 0.717) is 18.4 Å². The zero-order valence-electron chi connectivity index (χ0n) is 12.9. The summed E-state index contributed by atoms with van der Waals surface area (Å²) in [6, 6.07) is 5.93. The normalized spacial score (nSPS) is 19.3. The molecule has 0 aliphatic heterocycles. The van der Waals surface area contributed by atoms with Crippen molar-refractivity contribution in [2.75, 3.05) is 0 Å². The third-order valence-electron chi connectivity index (χ3n) is 4.71. The standard InChI is InChI=1S/C18H20F3N/c1-13(18(12-22)9-5-3-4-6-10-18)15-8-7-14(11-16(15)19)17(2,20)21/h3-4,7-8,11,13H,5-6,9-10H2,1-2H3/t13-/m1/s1. The van der Waals surface area contributed by atoms with E-state index in [9.17, 15) is 18.4 Å². The van der Waals surface area contributed by atoms with Crippen molar-refractivity contribution < 1.29 is 13.2 Å². The van der Waals surface area contributed by atoms with Crippen LogP contribution < -0.4 is 0 Å². The molecular weight excluding hydrogens is 287 g/mol. The quantitative estimate of drug-likeness (QED) is 0.659. The average Bonchev–Trinajstić information content (AvgIpc) is 2.72. The van der Waals surface area contributed by atoms with Crippen molar-refractivity contribution >= 4 is 0 Å². The molecule has 1 aliphatic carbocycles. The highest BCUT2D eigenvalue weighted by atomic mass is 19.3. The van der Waals surface area contributed by atoms with Crippen molar-refractivity contribution in [2.45, 2.75) is 51.4 Å². The van der Waals surface area contributed by atoms with Crippen LogP contribution in [0.15, 0.2) is 30.4 Å². The van der Waals surface area contributed by atoms with Gasteiger partial charge in [0.2, 0.25) is 0 Å². The fraction of sp³-hybridized carbons (Fsp3) is 0.500. The molecule has 118 valence electrons. The number of rotatable bonds is 3. The predicted octanol–water partition coefficient (Wildman–Crippen LogP) is 5.68. The molecule has 4 heteroatoms. The van der Waals surface area contributed by atoms with Gasteiger partial charge in [0.15, 0.2) is 0 Å². The number of benzene rings is 1. The smallest absolute Gasteiger partial charge is 0.207 e. The maximum absolute atomic E-state index is 14.3. The lowest BCUT2D eigenvalue weighted by atomic mass is 9.69. The Kier molecular flexibility index (Phi) is 4.65. The van der Waals surface area contributed by atoms with Gasteiger partial charge < -0.3 is 0 Å². The number of hydrogen-bond donors (Lipinski definition) is 0. The molecule has 22 heavy (non-hydrogen) atoms. The highest BCUT2D eigenvalue weighted by Crippen LogP contribution is 2.45. The maximum Gasteiger partial charge on any atom is 0.270 e. The summed E-state index contributed by atoms with van der Waals surface area (Å²) in [5.41, 5.74) is -0.647. The first kappa shape index (κ1) is 16.6. The van der Waals surface area contributed by atoms with Crippen LogP contribution in [0.1, 0.15) is 56.6 Å². The van der Waals surface area contributed by atoms with Gasteiger partial charge in [-0.15, -0.1) is 0 Å². The van der Waals surface area contributed by atoms with E-state index in [-0.39, 0.29) is 11.5 Å². The molecule has 2 rings (SSSR count). The van der Waals surface area contributed by atoms with Crippen LogP contribution in [0.4, 0.5) is 13.2 Å². The van der Waals surface area contributed by atoms with Gasteiger partial charge in [0, 0.05) is 18.4 Å². The molecule has 1 atom stereocenters. The summed E-state index contributed by atoms with van der Waals surface area (Å²) in [4.78, 5) is 0. The van der Waals surface area contributed by atoms with Crippen LogP contribution in [-0.4, -0.2) is 0 Å². The third-order valence-corrected chi connectivity index (χ3v) is 4.71. The summed E-state index contributed by atoms with van der Waals surface area (Å²) in [6.45, 7) is 2.56. The van der Waals surface area contributed by atoms with Gasteiger partial charge >= 0.3 is 0 Å². The van der Waals surface area contributed by atoms with Crippen molar-refractivity contribution in [3.05, 3.63) is 47.3 Å². The van der Waals surface area contributed by atoms with Crippen LogP contribution >= 0.6 is 0 Å². The van der Waals surface area contributed by atoms with Crippen LogP contribution in [0.25, 0.3) is 0 Å². The molecule has 0 saturated carbocycles. The van der Waals surface area contributed by atoms with Gasteiger partial charge in [-0.05, 0) is 37.3 Å². The largest absolute Gasteiger partial charge is 0.270 e. The summed E-state index contributed by atoms with van der Waals surface area (Å²) < 4.78 is 40.9. The lowest BCUT2D eigenvalue weighted by Crippen LogP contribution is -2.26. The number of allylic oxidation sites excluding steroid dienone is 2. The fourth-order valence-electron chi connectivity index (χ4n) is 3.13. The Morgan fingerprint density at radius 1 is 1.23 bits per heavy atom. The lowest BCUT2D eigenvalue weighted by molar-refractivity contribution is 0.0171. The van der Waals surface area contributed by atoms with Gasteiger partial charge in [0.25, 0.3) is 5.92 Å². The van der Waals surface area contributed by atoms with Gasteiger partial charge in [-0.1, -0.05) is 31.2 Å². The molecule has 1 aromatic rings. The SMILES string of the molecule is C[C@H](c1ccc(C(C)(F)F)cc1F)C1(C#N)CCC=CCC1. The minimum absolute atomic E-state index is 0.336. The van der Waals surface area contributed by atoms with E-state index >= 15 is 0 Å². The zero-order valence-corrected chi connectivity index (χ0v) is 12.9. The molecule has 1 nitrogen and oxygen atoms in total. The van der Waals surface area contributed by atoms with Crippen LogP contribution in [0.3, 0.4) is 0 Å². The van der Waals surface area contributed by atoms with Crippen LogP contribution in [0, 0.1) is 22.6 Å². The molecule has 0 fully saturated rings. The van der Waals surface area contributed by atoms with Crippen molar-refractivity contribution in [1.82, 2.24) is 0 Å². The molecule has 0 aromatic heterocycles. The topological polar surface area (TPSA) is 23.8 Å². The second kappa shape index (κ2) is 6.16. The molecule has 0 heterocycles. The zero-order chi connectivity index (χ0) is 16.4. The monoisotopic (exact) mass is 307 g/mol. The summed E-state index contributed by atoms with van der Waals surface area (Å²) in [5, 5.41) is 9.65. The Balaban J connectivity index is 2.36. The van der Waals surface area contributed by atoms with Gasteiger partial charge in [-0.3, -0.25) is 0 Å². The van der Waals surface area contributed by atoms with E-state index in [1.165, 1.54) is 12.1 Å². The first-order chi connectivity index (χ1) is 10.3. The second-order valence-electron chi connectivity index (χ2n) is 6.16. The van der Waals surface area contributed by atoms with E-state index in [1.54, 1.807) is 0 Å². The number of alkyl halides is 2. The minimum atomic E-state index is -3.07. The van der Waals surface area contributed by atoms with Crippen molar-refractivity contribution in [1.29, 1.82) is 5.26 Å². The van der Waals surface area contributed by atoms with Gasteiger partial charge in [-0.25, -0.2) is 13.2 Å². The molecule has 0 unspecified atom stereocenters. The predicted molar refractivity (Wildman–Crippen MR) is 80.0 cm³/mol. The Morgan fingerprint density at radius 3 is 2.27 bits per heavy atom. The molecule has 0 N–H and O–H groups in total. The van der Waals surface area contributed by atoms with Gasteiger partial charge in [0.1, 0.15) is 5.82 Å². The summed E-state index contributed by atoms with van der Waals surface area (Å²) in [5.74, 6) is -4.06. The molecular formula is C18H20F3N. The molecule has 0 bridgehead atoms. The average molecular weight is 307 g/mol. The molecule has 0 saturated heterocycles. The van der Waals surface area contributed by atoms with E-state index in [1.807, 2.05) is 19.1 Å². The maximum atomic E-state index is 14.3. The number of hydrogen-bond acceptors (Lipinski definition) is 1. The Morgan fingerprint density at radius 2 is 1.82 bits per heavy atom. The number of nitrogens with zero attached hydrogens (tertiary/aromatic N) is 1. The van der Waals surface area contributed by atoms with E-state index in [2.05, 4.69) is 6.07 Å². The fourth-order valence-corrected chi connectivity index (χ4v) is 3.13. The number of nitriles is 1. The Labute approximate surface area is 129 Å². The highest BCUT2D eigenvalue weighted by molar-refractivity contribution is 5.32. The molecule has 0 spiro atoms. The van der Waals surface area contributed by atoms with Gasteiger partial charge in [0.05, 0.1) is 11.5 Å². The van der Waals surface area contributed by atoms with Crippen molar-refractivity contribution in [2.24, 2.45) is 5.41 Å². The van der Waals surface area contributed by atoms with E-state index < -0.39 is 17.2 Å². The van der Waals surface area contributed by atoms with E-state index in [0.717, 1.165) is 25.8 Å². The molecule has 1 aromatic carbocycles. The molecule has 0 radical (unpaired) electrons. The summed E-state index contributed by atoms with van der Waals surface area (Å²) in [6.07, 6.45) is 6.97. The lowest BCUT2D eigenvalue weighted by Gasteiger charge is -2.32. The van der Waals surface area contributed by atoms with Crippen molar-refractivity contribution in [3.8, 4) is 6.07 Å². The first-order valence-corrected chi connectivity index (χ1v) is 7.54. The van der Waals surface area contributed by atoms with Crippen LogP contribution in [-0.2, 0) is 5.92 Å². The third kappa shape index (κ3) is 3.19. The van der Waals surface area contributed by atoms with Crippen LogP contribution in [0.2, 0.25) is 0 Å². The molecule has 1 aliphatic rings. The van der Waals surface area contributed by atoms with Crippen molar-refractivity contribution in [3.63, 3.8) is 0 Å².